The molecule has 0 saturated carbocycles. The number of benzene rings is 2. The number of alkyl halides is 2. The SMILES string of the molecule is Cc1ccc(OCC(O)CNc2cc[nH]c(=O)c2-c2nc3cc4c(cc3[nH]2)CI(C2CCN(C)CC2)C4=O)c(C)c1. The summed E-state index contributed by atoms with van der Waals surface area (Å²) < 4.78 is 7.69. The van der Waals surface area contributed by atoms with E-state index in [1.165, 1.54) is 0 Å². The van der Waals surface area contributed by atoms with E-state index in [9.17, 15) is 14.7 Å². The molecule has 4 aromatic rings. The van der Waals surface area contributed by atoms with Gasteiger partial charge in [-0.3, -0.25) is 0 Å². The van der Waals surface area contributed by atoms with Crippen molar-refractivity contribution in [3.63, 3.8) is 0 Å². The Morgan fingerprint density at radius 2 is 1.98 bits per heavy atom. The number of aliphatic hydroxyl groups excluding tert-OH is 1. The molecule has 1 atom stereocenters. The number of nitrogens with one attached hydrogen (secondary N) is 3. The standard InChI is InChI=1S/C31H36IN5O4/c1-18-4-5-27(19(2)12-18)41-17-22(38)16-34-24-6-9-33-31(40)28(24)30-35-25-13-20-15-32(21-7-10-37(3)11-8-21)29(39)23(20)14-26(25)36-30/h4-6,9,12-14,21-22,38H,7-8,10-11,15-17H2,1-3H3,(H,35,36)(H2,33,34,40). The number of aryl methyl sites for hydroxylation is 2. The third-order valence-electron chi connectivity index (χ3n) is 7.94. The Balaban J connectivity index is 1.18. The quantitative estimate of drug-likeness (QED) is 0.123. The molecule has 1 fully saturated rings. The third kappa shape index (κ3) is 5.77. The van der Waals surface area contributed by atoms with Crippen molar-refractivity contribution in [2.24, 2.45) is 0 Å². The summed E-state index contributed by atoms with van der Waals surface area (Å²) in [6.45, 7) is 6.45. The van der Waals surface area contributed by atoms with Gasteiger partial charge in [0.2, 0.25) is 0 Å². The number of likely N-dealkylation sites (tertiary alicyclic amines) is 1. The van der Waals surface area contributed by atoms with Crippen LogP contribution in [0.25, 0.3) is 22.4 Å². The number of carbonyl (C=O) groups excluding carboxylic acids is 1. The van der Waals surface area contributed by atoms with Crippen LogP contribution in [0.4, 0.5) is 5.69 Å². The smallest absolute Gasteiger partial charge is 0.00873 e. The molecule has 2 aliphatic heterocycles. The van der Waals surface area contributed by atoms with Crippen LogP contribution in [0.1, 0.15) is 39.9 Å². The minimum absolute atomic E-state index is 0.113. The Hall–Kier alpha value is -3.22. The maximum absolute atomic E-state index is 13.5. The molecule has 0 aliphatic carbocycles. The maximum Gasteiger partial charge on any atom is -0.00873 e. The number of anilines is 1. The molecule has 2 aliphatic rings. The van der Waals surface area contributed by atoms with E-state index in [4.69, 9.17) is 9.72 Å². The molecule has 1 saturated heterocycles. The van der Waals surface area contributed by atoms with Gasteiger partial charge in [0.05, 0.1) is 0 Å². The van der Waals surface area contributed by atoms with Gasteiger partial charge in [0.1, 0.15) is 5.75 Å². The number of carbonyl (C=O) groups is 1. The van der Waals surface area contributed by atoms with Gasteiger partial charge < -0.3 is 4.74 Å². The summed E-state index contributed by atoms with van der Waals surface area (Å²) >= 11 is -1.79. The molecule has 0 bridgehead atoms. The monoisotopic (exact) mass is 669 g/mol. The average Bonchev–Trinajstić information content (AvgIpc) is 3.50. The van der Waals surface area contributed by atoms with Crippen molar-refractivity contribution in [2.45, 2.75) is 41.1 Å². The fourth-order valence-electron chi connectivity index (χ4n) is 5.64. The first-order valence-electron chi connectivity index (χ1n) is 14.0. The Kier molecular flexibility index (Phi) is 7.88. The zero-order valence-corrected chi connectivity index (χ0v) is 25.7. The molecule has 41 heavy (non-hydrogen) atoms. The van der Waals surface area contributed by atoms with E-state index in [-0.39, 0.29) is 18.7 Å². The molecule has 9 nitrogen and oxygen atoms in total. The molecular weight excluding hydrogens is 633 g/mol. The Morgan fingerprint density at radius 1 is 1.17 bits per heavy atom. The van der Waals surface area contributed by atoms with Crippen molar-refractivity contribution in [1.29, 1.82) is 0 Å². The number of halogens is 1. The van der Waals surface area contributed by atoms with Gasteiger partial charge in [-0.2, -0.15) is 0 Å². The van der Waals surface area contributed by atoms with Gasteiger partial charge in [-0.05, 0) is 25.5 Å². The molecule has 4 N–H and O–H groups in total. The molecule has 2 aromatic heterocycles. The van der Waals surface area contributed by atoms with E-state index in [1.807, 2.05) is 38.1 Å². The molecule has 6 rings (SSSR count). The van der Waals surface area contributed by atoms with Crippen LogP contribution < -0.4 is 15.6 Å². The van der Waals surface area contributed by atoms with E-state index in [0.29, 0.717) is 30.3 Å². The van der Waals surface area contributed by atoms with E-state index >= 15 is 0 Å². The first-order chi connectivity index (χ1) is 19.8. The molecule has 10 heteroatoms. The number of aliphatic hydroxyl groups is 1. The van der Waals surface area contributed by atoms with Crippen LogP contribution >= 0.6 is 19.8 Å². The molecule has 216 valence electrons. The van der Waals surface area contributed by atoms with Crippen molar-refractivity contribution < 1.29 is 14.6 Å². The van der Waals surface area contributed by atoms with Crippen molar-refractivity contribution >= 4 is 40.3 Å². The van der Waals surface area contributed by atoms with Gasteiger partial charge >= 0.3 is 193 Å². The van der Waals surface area contributed by atoms with Gasteiger partial charge in [-0.25, -0.2) is 0 Å². The van der Waals surface area contributed by atoms with Crippen LogP contribution in [0.15, 0.2) is 47.4 Å². The number of fused-ring (bicyclic) bond motifs is 2. The summed E-state index contributed by atoms with van der Waals surface area (Å²) in [4.78, 5) is 39.5. The number of hydrogen-bond acceptors (Lipinski definition) is 7. The van der Waals surface area contributed by atoms with Gasteiger partial charge in [0.15, 0.2) is 0 Å². The summed E-state index contributed by atoms with van der Waals surface area (Å²) in [5.74, 6) is 1.16. The summed E-state index contributed by atoms with van der Waals surface area (Å²) in [5.41, 5.74) is 6.23. The zero-order chi connectivity index (χ0) is 28.7. The fourth-order valence-corrected chi connectivity index (χ4v) is 12.2. The van der Waals surface area contributed by atoms with Gasteiger partial charge in [-0.15, -0.1) is 0 Å². The van der Waals surface area contributed by atoms with Crippen LogP contribution in [0.5, 0.6) is 5.75 Å². The molecule has 0 radical (unpaired) electrons. The summed E-state index contributed by atoms with van der Waals surface area (Å²) in [5, 5.41) is 13.8. The molecule has 0 spiro atoms. The van der Waals surface area contributed by atoms with E-state index in [2.05, 4.69) is 33.3 Å². The molecular formula is C31H36IN5O4. The van der Waals surface area contributed by atoms with Crippen molar-refractivity contribution in [2.75, 3.05) is 38.6 Å². The van der Waals surface area contributed by atoms with E-state index in [0.717, 1.165) is 63.9 Å². The predicted molar refractivity (Wildman–Crippen MR) is 171 cm³/mol. The second-order valence-electron chi connectivity index (χ2n) is 11.1. The number of aromatic amines is 2. The number of nitrogens with zero attached hydrogens (tertiary/aromatic N) is 2. The largest absolute Gasteiger partial charge is 0.0527 e. The number of imidazole rings is 1. The number of pyridine rings is 1. The summed E-state index contributed by atoms with van der Waals surface area (Å²) in [6.07, 6.45) is 3.02. The van der Waals surface area contributed by atoms with Gasteiger partial charge in [0, 0.05) is 0 Å². The third-order valence-corrected chi connectivity index (χ3v) is 14.8. The Morgan fingerprint density at radius 3 is 2.76 bits per heavy atom. The summed E-state index contributed by atoms with van der Waals surface area (Å²) in [7, 11) is 2.15. The Labute approximate surface area is 246 Å². The Bertz CT molecular complexity index is 1660. The topological polar surface area (TPSA) is 123 Å². The first kappa shape index (κ1) is 27.9. The maximum atomic E-state index is 13.5. The average molecular weight is 670 g/mol. The van der Waals surface area contributed by atoms with Crippen LogP contribution in [-0.2, 0) is 4.43 Å². The van der Waals surface area contributed by atoms with Crippen molar-refractivity contribution in [3.05, 3.63) is 75.2 Å². The molecule has 4 heterocycles. The fraction of sp³-hybridized carbons (Fsp3) is 0.387. The van der Waals surface area contributed by atoms with Crippen LogP contribution in [-0.4, -0.2) is 72.1 Å². The number of H-pyrrole nitrogens is 2. The summed E-state index contributed by atoms with van der Waals surface area (Å²) in [6, 6.07) is 11.6. The van der Waals surface area contributed by atoms with Gasteiger partial charge in [-0.1, -0.05) is 17.7 Å². The van der Waals surface area contributed by atoms with E-state index < -0.39 is 25.9 Å². The van der Waals surface area contributed by atoms with Gasteiger partial charge in [0.25, 0.3) is 0 Å². The second-order valence-corrected chi connectivity index (χ2v) is 16.9. The number of hydrogen-bond donors (Lipinski definition) is 4. The van der Waals surface area contributed by atoms with Crippen molar-refractivity contribution in [1.82, 2.24) is 19.9 Å². The second kappa shape index (κ2) is 11.6. The minimum Gasteiger partial charge on any atom is -0.0527 e. The predicted octanol–water partition coefficient (Wildman–Crippen LogP) is 4.64. The minimum atomic E-state index is -1.79. The zero-order valence-electron chi connectivity index (χ0n) is 23.6. The first-order valence-corrected chi connectivity index (χ1v) is 17.9. The number of ether oxygens (including phenoxy) is 1. The number of aromatic nitrogens is 3. The number of piperidine rings is 1. The van der Waals surface area contributed by atoms with Crippen LogP contribution in [0, 0.1) is 13.8 Å². The normalized spacial score (nSPS) is 17.7. The van der Waals surface area contributed by atoms with Crippen LogP contribution in [0.3, 0.4) is 0 Å². The molecule has 2 aromatic carbocycles. The molecule has 0 amide bonds. The molecule has 1 unspecified atom stereocenters. The van der Waals surface area contributed by atoms with Crippen molar-refractivity contribution in [3.8, 4) is 17.1 Å². The van der Waals surface area contributed by atoms with E-state index in [1.54, 1.807) is 12.3 Å². The number of rotatable bonds is 8. The van der Waals surface area contributed by atoms with Crippen LogP contribution in [0.2, 0.25) is 0 Å².